The largest absolute Gasteiger partial charge is 0.508 e. The van der Waals surface area contributed by atoms with Gasteiger partial charge in [-0.25, -0.2) is 0 Å². The van der Waals surface area contributed by atoms with E-state index in [9.17, 15) is 67.7 Å². The molecule has 542 valence electrons. The van der Waals surface area contributed by atoms with Gasteiger partial charge in [-0.3, -0.25) is 62.5 Å². The summed E-state index contributed by atoms with van der Waals surface area (Å²) < 4.78 is 0. The van der Waals surface area contributed by atoms with Crippen molar-refractivity contribution in [2.75, 3.05) is 13.1 Å². The number of nitrogens with two attached hydrogens (primary N) is 4. The first-order valence-electron chi connectivity index (χ1n) is 33.1. The lowest BCUT2D eigenvalue weighted by Gasteiger charge is -2.28. The molecule has 0 radical (unpaired) electrons. The first-order chi connectivity index (χ1) is 46.6. The number of primary amides is 1. The van der Waals surface area contributed by atoms with Crippen molar-refractivity contribution in [3.8, 4) is 5.75 Å². The van der Waals surface area contributed by atoms with E-state index >= 15 is 0 Å². The van der Waals surface area contributed by atoms with Crippen molar-refractivity contribution in [1.82, 2.24) is 63.5 Å². The molecule has 22 N–H and O–H groups in total. The number of aromatic hydroxyl groups is 1. The Kier molecular flexibility index (Phi) is 32.7. The molecule has 0 bridgehead atoms. The number of para-hydroxylation sites is 1. The third kappa shape index (κ3) is 28.1. The average molecular weight is 1380 g/mol. The van der Waals surface area contributed by atoms with Crippen molar-refractivity contribution < 1.29 is 67.7 Å². The van der Waals surface area contributed by atoms with E-state index in [1.165, 1.54) is 52.0 Å². The predicted molar refractivity (Wildman–Crippen MR) is 370 cm³/mol. The maximum atomic E-state index is 14.6. The first kappa shape index (κ1) is 81.3. The number of hydrogen-bond donors (Lipinski definition) is 18. The minimum Gasteiger partial charge on any atom is -0.508 e. The lowest BCUT2D eigenvalue weighted by atomic mass is 9.98. The topological polar surface area (TPSA) is 510 Å². The van der Waals surface area contributed by atoms with Crippen LogP contribution >= 0.6 is 0 Å². The van der Waals surface area contributed by atoms with Crippen LogP contribution in [0.1, 0.15) is 118 Å². The summed E-state index contributed by atoms with van der Waals surface area (Å²) in [5.74, 6) is -10.5. The Morgan fingerprint density at radius 1 is 0.455 bits per heavy atom. The smallest absolute Gasteiger partial charge is 0.243 e. The summed E-state index contributed by atoms with van der Waals surface area (Å²) >= 11 is 0. The number of rotatable bonds is 40. The molecule has 1 heterocycles. The number of aromatic nitrogens is 1. The molecule has 31 nitrogen and oxygen atoms in total. The van der Waals surface area contributed by atoms with Crippen LogP contribution in [0.25, 0.3) is 10.9 Å². The Balaban J connectivity index is 1.44. The van der Waals surface area contributed by atoms with Gasteiger partial charge >= 0.3 is 0 Å². The maximum absolute atomic E-state index is 14.6. The number of carbonyl (C=O) groups excluding carboxylic acids is 12. The molecule has 31 heteroatoms. The number of nitrogens with zero attached hydrogens (tertiary/aromatic N) is 1. The van der Waals surface area contributed by atoms with E-state index in [4.69, 9.17) is 22.9 Å². The molecule has 1 aromatic heterocycles. The van der Waals surface area contributed by atoms with Crippen molar-refractivity contribution >= 4 is 87.7 Å². The molecular formula is C68H101N17O14. The molecule has 99 heavy (non-hydrogen) atoms. The zero-order valence-corrected chi connectivity index (χ0v) is 57.9. The number of carbonyl (C=O) groups is 12. The second-order valence-corrected chi connectivity index (χ2v) is 26.0. The van der Waals surface area contributed by atoms with E-state index in [1.807, 2.05) is 24.3 Å². The monoisotopic (exact) mass is 1380 g/mol. The van der Waals surface area contributed by atoms with Crippen LogP contribution in [0.15, 0.2) is 90.1 Å². The molecule has 3 aromatic carbocycles. The number of phenolic OH excluding ortho intramolecular Hbond substituents is 1. The zero-order valence-electron chi connectivity index (χ0n) is 57.9. The fraction of sp³-hybridized carbons (Fsp3) is 0.515. The summed E-state index contributed by atoms with van der Waals surface area (Å²) in [6.07, 6.45) is 0.654. The van der Waals surface area contributed by atoms with Crippen LogP contribution in [0, 0.1) is 17.8 Å². The molecule has 4 rings (SSSR count). The lowest BCUT2D eigenvalue weighted by molar-refractivity contribution is -0.136. The van der Waals surface area contributed by atoms with Gasteiger partial charge in [0.2, 0.25) is 70.9 Å². The summed E-state index contributed by atoms with van der Waals surface area (Å²) in [5.41, 5.74) is 25.0. The van der Waals surface area contributed by atoms with Gasteiger partial charge in [-0.05, 0) is 112 Å². The SMILES string of the molecule is CC(C)C[C@H](NC(=O)[C@H](C)NC(=O)[C@H](CC(C)C)NC(=O)[C@H](CC(C)C)NC(=O)[C@H](Cc1ccccc1)NC(=O)[C@H](Cc1ccc(O)cc1)NC(=O)[C@H](C)NC(=O)[C@@H](N)[C@@H](C)O)C(=O)N[C@@H](C)C(=O)NCC(=O)N[C@@H](CCCN=C(N)N)C(=O)N[C@@H](Cc1c[nH]c2ccccc12)C(N)=O. The minimum atomic E-state index is -1.38. The highest BCUT2D eigenvalue weighted by Gasteiger charge is 2.36. The quantitative estimate of drug-likeness (QED) is 0.0134. The van der Waals surface area contributed by atoms with Gasteiger partial charge in [-0.2, -0.15) is 0 Å². The number of hydrogen-bond acceptors (Lipinski definition) is 16. The summed E-state index contributed by atoms with van der Waals surface area (Å²) in [7, 11) is 0. The predicted octanol–water partition coefficient (Wildman–Crippen LogP) is -1.69. The Morgan fingerprint density at radius 3 is 1.36 bits per heavy atom. The zero-order chi connectivity index (χ0) is 73.8. The van der Waals surface area contributed by atoms with Gasteiger partial charge in [0.05, 0.1) is 12.6 Å². The van der Waals surface area contributed by atoms with E-state index < -0.39 is 150 Å². The highest BCUT2D eigenvalue weighted by molar-refractivity contribution is 5.99. The van der Waals surface area contributed by atoms with Gasteiger partial charge in [0.15, 0.2) is 5.96 Å². The van der Waals surface area contributed by atoms with Crippen LogP contribution in [0.3, 0.4) is 0 Å². The number of aromatic amines is 1. The van der Waals surface area contributed by atoms with E-state index in [-0.39, 0.29) is 87.4 Å². The fourth-order valence-electron chi connectivity index (χ4n) is 10.4. The maximum Gasteiger partial charge on any atom is 0.243 e. The second-order valence-electron chi connectivity index (χ2n) is 26.0. The summed E-state index contributed by atoms with van der Waals surface area (Å²) in [6, 6.07) is 7.62. The molecule has 0 aliphatic carbocycles. The summed E-state index contributed by atoms with van der Waals surface area (Å²) in [6.45, 7) is 15.6. The first-order valence-corrected chi connectivity index (χ1v) is 33.1. The molecule has 0 unspecified atom stereocenters. The number of aliphatic imine (C=N–C) groups is 1. The highest BCUT2D eigenvalue weighted by atomic mass is 16.3. The second kappa shape index (κ2) is 39.9. The summed E-state index contributed by atoms with van der Waals surface area (Å²) in [5, 5.41) is 49.4. The molecule has 4 aromatic rings. The Bertz CT molecular complexity index is 3430. The van der Waals surface area contributed by atoms with Crippen molar-refractivity contribution in [2.45, 2.75) is 193 Å². The van der Waals surface area contributed by atoms with E-state index in [0.29, 0.717) is 16.7 Å². The molecule has 0 aliphatic heterocycles. The van der Waals surface area contributed by atoms with Crippen molar-refractivity contribution in [3.63, 3.8) is 0 Å². The number of phenols is 1. The number of aliphatic hydroxyl groups excluding tert-OH is 1. The van der Waals surface area contributed by atoms with Crippen molar-refractivity contribution in [1.29, 1.82) is 0 Å². The molecule has 0 fully saturated rings. The number of guanidine groups is 1. The highest BCUT2D eigenvalue weighted by Crippen LogP contribution is 2.20. The van der Waals surface area contributed by atoms with Crippen LogP contribution in [0.4, 0.5) is 0 Å². The Morgan fingerprint density at radius 2 is 0.869 bits per heavy atom. The number of H-pyrrole nitrogens is 1. The lowest BCUT2D eigenvalue weighted by Crippen LogP contribution is -2.61. The molecule has 0 saturated heterocycles. The number of nitrogens with one attached hydrogen (secondary N) is 12. The molecule has 12 atom stereocenters. The summed E-state index contributed by atoms with van der Waals surface area (Å²) in [4.78, 5) is 172. The molecular weight excluding hydrogens is 1280 g/mol. The number of benzene rings is 3. The van der Waals surface area contributed by atoms with Crippen LogP contribution in [0.5, 0.6) is 5.75 Å². The number of amides is 12. The van der Waals surface area contributed by atoms with Gasteiger partial charge in [0, 0.05) is 42.9 Å². The standard InChI is InChI=1S/C68H101N17O14/c1-35(2)27-50(62(94)76-38(7)58(90)75-34-55(88)79-48(21-16-26-73-68(71)72)61(93)80-49(57(70)89)32-44-33-74-47-20-15-14-19-46(44)47)81-59(91)39(8)77-63(95)51(28-36(3)4)83-64(96)52(29-37(5)6)84-66(98)54(30-42-17-12-11-13-18-42)85-65(97)53(31-43-22-24-45(87)25-23-43)82-60(92)40(9)78-67(99)56(69)41(10)86/h11-15,17-20,22-25,33,35-41,48-54,56,74,86-87H,16,21,26-32,34,69H2,1-10H3,(H2,70,89)(H,75,90)(H,76,94)(H,77,95)(H,78,99)(H,79,88)(H,80,93)(H,81,91)(H,82,92)(H,83,96)(H,84,98)(H,85,97)(H4,71,72,73)/t38-,39-,40-,41+,48-,49-,50-,51-,52-,53-,54-,56-/m0/s1. The number of aliphatic hydroxyl groups is 1. The third-order valence-electron chi connectivity index (χ3n) is 15.8. The third-order valence-corrected chi connectivity index (χ3v) is 15.8. The molecule has 0 spiro atoms. The number of fused-ring (bicyclic) bond motifs is 1. The van der Waals surface area contributed by atoms with Gasteiger partial charge in [0.25, 0.3) is 0 Å². The van der Waals surface area contributed by atoms with Crippen LogP contribution < -0.4 is 81.4 Å². The van der Waals surface area contributed by atoms with E-state index in [1.54, 1.807) is 78.1 Å². The van der Waals surface area contributed by atoms with Crippen molar-refractivity contribution in [3.05, 3.63) is 102 Å². The van der Waals surface area contributed by atoms with Gasteiger partial charge in [0.1, 0.15) is 72.2 Å². The van der Waals surface area contributed by atoms with E-state index in [2.05, 4.69) is 68.5 Å². The van der Waals surface area contributed by atoms with Crippen LogP contribution in [-0.4, -0.2) is 178 Å². The minimum absolute atomic E-state index is 0.00718. The van der Waals surface area contributed by atoms with Crippen LogP contribution in [-0.2, 0) is 76.8 Å². The van der Waals surface area contributed by atoms with E-state index in [0.717, 1.165) is 10.9 Å². The van der Waals surface area contributed by atoms with Crippen LogP contribution in [0.2, 0.25) is 0 Å². The molecule has 12 amide bonds. The Hall–Kier alpha value is -10.2. The molecule has 0 aliphatic rings. The normalized spacial score (nSPS) is 14.9. The van der Waals surface area contributed by atoms with Gasteiger partial charge in [-0.1, -0.05) is 102 Å². The average Bonchev–Trinajstić information content (AvgIpc) is 1.77. The molecule has 0 saturated carbocycles. The fourth-order valence-corrected chi connectivity index (χ4v) is 10.4. The Labute approximate surface area is 576 Å². The van der Waals surface area contributed by atoms with Gasteiger partial charge in [-0.15, -0.1) is 0 Å². The van der Waals surface area contributed by atoms with Gasteiger partial charge < -0.3 is 96.6 Å². The van der Waals surface area contributed by atoms with Crippen molar-refractivity contribution in [2.24, 2.45) is 45.7 Å².